The van der Waals surface area contributed by atoms with Gasteiger partial charge in [0.1, 0.15) is 17.9 Å². The van der Waals surface area contributed by atoms with Gasteiger partial charge in [-0.15, -0.1) is 0 Å². The van der Waals surface area contributed by atoms with Crippen LogP contribution in [-0.4, -0.2) is 54.0 Å². The molecular formula is C21H28N4O2. The van der Waals surface area contributed by atoms with Crippen LogP contribution < -0.4 is 10.2 Å². The number of benzene rings is 1. The standard InChI is InChI=1S/C21H28N4O2/c26-19-12-16(4-5-18-3-1-2-6-22-18)11-17(13-19)20-14-21(24-15-23-20)25-7-9-27-10-8-25/h11-15,18,22,26H,1-10H2/t18-/m0/s1. The van der Waals surface area contributed by atoms with Crippen molar-refractivity contribution in [2.45, 2.75) is 38.1 Å². The third kappa shape index (κ3) is 4.76. The number of aryl methyl sites for hydroxylation is 1. The van der Waals surface area contributed by atoms with Crippen molar-refractivity contribution in [3.63, 3.8) is 0 Å². The highest BCUT2D eigenvalue weighted by molar-refractivity contribution is 5.65. The molecule has 0 spiro atoms. The molecule has 2 aliphatic heterocycles. The molecule has 0 amide bonds. The second-order valence-electron chi connectivity index (χ2n) is 7.43. The topological polar surface area (TPSA) is 70.5 Å². The lowest BCUT2D eigenvalue weighted by Gasteiger charge is -2.27. The van der Waals surface area contributed by atoms with Crippen LogP contribution in [0.15, 0.2) is 30.6 Å². The number of rotatable bonds is 5. The molecule has 0 aliphatic carbocycles. The largest absolute Gasteiger partial charge is 0.508 e. The highest BCUT2D eigenvalue weighted by Crippen LogP contribution is 2.27. The SMILES string of the molecule is Oc1cc(CC[C@@H]2CCCCN2)cc(-c2cc(N3CCOCC3)ncn2)c1. The van der Waals surface area contributed by atoms with Gasteiger partial charge >= 0.3 is 0 Å². The summed E-state index contributed by atoms with van der Waals surface area (Å²) in [6.45, 7) is 4.27. The fourth-order valence-corrected chi connectivity index (χ4v) is 3.95. The maximum Gasteiger partial charge on any atom is 0.132 e. The Bertz CT molecular complexity index is 756. The first-order valence-corrected chi connectivity index (χ1v) is 9.99. The molecule has 2 aliphatic rings. The van der Waals surface area contributed by atoms with Gasteiger partial charge in [-0.05, 0) is 56.0 Å². The van der Waals surface area contributed by atoms with Crippen molar-refractivity contribution in [1.29, 1.82) is 0 Å². The highest BCUT2D eigenvalue weighted by atomic mass is 16.5. The molecule has 6 nitrogen and oxygen atoms in total. The van der Waals surface area contributed by atoms with Crippen molar-refractivity contribution in [1.82, 2.24) is 15.3 Å². The minimum Gasteiger partial charge on any atom is -0.508 e. The summed E-state index contributed by atoms with van der Waals surface area (Å²) in [6, 6.07) is 8.40. The molecule has 2 fully saturated rings. The van der Waals surface area contributed by atoms with Gasteiger partial charge in [-0.2, -0.15) is 0 Å². The van der Waals surface area contributed by atoms with E-state index in [2.05, 4.69) is 26.3 Å². The molecule has 4 rings (SSSR count). The Morgan fingerprint density at radius 2 is 2.00 bits per heavy atom. The average Bonchev–Trinajstić information content (AvgIpc) is 2.73. The first kappa shape index (κ1) is 18.2. The monoisotopic (exact) mass is 368 g/mol. The van der Waals surface area contributed by atoms with Gasteiger partial charge in [-0.3, -0.25) is 0 Å². The summed E-state index contributed by atoms with van der Waals surface area (Å²) < 4.78 is 5.42. The van der Waals surface area contributed by atoms with Crippen LogP contribution in [0.25, 0.3) is 11.3 Å². The van der Waals surface area contributed by atoms with Crippen LogP contribution in [0, 0.1) is 0 Å². The number of phenols is 1. The Morgan fingerprint density at radius 3 is 2.81 bits per heavy atom. The molecule has 0 saturated carbocycles. The van der Waals surface area contributed by atoms with Gasteiger partial charge in [0.25, 0.3) is 0 Å². The lowest BCUT2D eigenvalue weighted by molar-refractivity contribution is 0.122. The van der Waals surface area contributed by atoms with Gasteiger partial charge in [0.2, 0.25) is 0 Å². The van der Waals surface area contributed by atoms with E-state index in [1.165, 1.54) is 19.3 Å². The zero-order valence-electron chi connectivity index (χ0n) is 15.7. The number of morpholine rings is 1. The Morgan fingerprint density at radius 1 is 1.11 bits per heavy atom. The summed E-state index contributed by atoms with van der Waals surface area (Å²) in [7, 11) is 0. The smallest absolute Gasteiger partial charge is 0.132 e. The van der Waals surface area contributed by atoms with E-state index in [0.717, 1.165) is 68.3 Å². The van der Waals surface area contributed by atoms with E-state index < -0.39 is 0 Å². The van der Waals surface area contributed by atoms with E-state index in [1.807, 2.05) is 12.1 Å². The molecular weight excluding hydrogens is 340 g/mol. The summed E-state index contributed by atoms with van der Waals surface area (Å²) in [6.07, 6.45) is 7.52. The van der Waals surface area contributed by atoms with E-state index in [-0.39, 0.29) is 0 Å². The quantitative estimate of drug-likeness (QED) is 0.846. The first-order chi connectivity index (χ1) is 13.3. The molecule has 144 valence electrons. The van der Waals surface area contributed by atoms with Gasteiger partial charge in [0.15, 0.2) is 0 Å². The Labute approximate surface area is 160 Å². The summed E-state index contributed by atoms with van der Waals surface area (Å²) in [5, 5.41) is 13.8. The maximum atomic E-state index is 10.2. The molecule has 0 unspecified atom stereocenters. The third-order valence-corrected chi connectivity index (χ3v) is 5.45. The maximum absolute atomic E-state index is 10.2. The molecule has 6 heteroatoms. The number of nitrogens with one attached hydrogen (secondary N) is 1. The second kappa shape index (κ2) is 8.67. The van der Waals surface area contributed by atoms with Crippen molar-refractivity contribution in [3.05, 3.63) is 36.2 Å². The van der Waals surface area contributed by atoms with E-state index in [4.69, 9.17) is 4.74 Å². The Hall–Kier alpha value is -2.18. The Balaban J connectivity index is 1.50. The number of ether oxygens (including phenoxy) is 1. The zero-order valence-corrected chi connectivity index (χ0v) is 15.7. The number of nitrogens with zero attached hydrogens (tertiary/aromatic N) is 3. The summed E-state index contributed by atoms with van der Waals surface area (Å²) in [5.74, 6) is 1.21. The van der Waals surface area contributed by atoms with Crippen LogP contribution in [0.5, 0.6) is 5.75 Å². The summed E-state index contributed by atoms with van der Waals surface area (Å²) in [4.78, 5) is 11.1. The Kier molecular flexibility index (Phi) is 5.84. The van der Waals surface area contributed by atoms with Crippen molar-refractivity contribution < 1.29 is 9.84 Å². The van der Waals surface area contributed by atoms with E-state index >= 15 is 0 Å². The molecule has 1 aromatic carbocycles. The van der Waals surface area contributed by atoms with Crippen molar-refractivity contribution in [3.8, 4) is 17.0 Å². The second-order valence-corrected chi connectivity index (χ2v) is 7.43. The summed E-state index contributed by atoms with van der Waals surface area (Å²) >= 11 is 0. The number of anilines is 1. The molecule has 0 bridgehead atoms. The first-order valence-electron chi connectivity index (χ1n) is 9.99. The van der Waals surface area contributed by atoms with Crippen molar-refractivity contribution in [2.24, 2.45) is 0 Å². The van der Waals surface area contributed by atoms with Gasteiger partial charge in [0.05, 0.1) is 18.9 Å². The van der Waals surface area contributed by atoms with Crippen LogP contribution >= 0.6 is 0 Å². The highest BCUT2D eigenvalue weighted by Gasteiger charge is 2.15. The zero-order chi connectivity index (χ0) is 18.5. The summed E-state index contributed by atoms with van der Waals surface area (Å²) in [5.41, 5.74) is 2.95. The fraction of sp³-hybridized carbons (Fsp3) is 0.524. The molecule has 2 saturated heterocycles. The van der Waals surface area contributed by atoms with E-state index in [9.17, 15) is 5.11 Å². The molecule has 1 atom stereocenters. The van der Waals surface area contributed by atoms with Crippen LogP contribution in [0.1, 0.15) is 31.2 Å². The number of hydrogen-bond acceptors (Lipinski definition) is 6. The van der Waals surface area contributed by atoms with E-state index in [0.29, 0.717) is 11.8 Å². The number of hydrogen-bond donors (Lipinski definition) is 2. The minimum absolute atomic E-state index is 0.297. The number of phenolic OH excluding ortho intramolecular Hbond substituents is 1. The normalized spacial score (nSPS) is 20.6. The molecule has 2 N–H and O–H groups in total. The van der Waals surface area contributed by atoms with Gasteiger partial charge in [0, 0.05) is 30.8 Å². The van der Waals surface area contributed by atoms with Crippen LogP contribution in [0.3, 0.4) is 0 Å². The predicted octanol–water partition coefficient (Wildman–Crippen LogP) is 2.76. The van der Waals surface area contributed by atoms with Crippen LogP contribution in [0.4, 0.5) is 5.82 Å². The van der Waals surface area contributed by atoms with E-state index in [1.54, 1.807) is 12.4 Å². The third-order valence-electron chi connectivity index (χ3n) is 5.45. The van der Waals surface area contributed by atoms with Crippen LogP contribution in [0.2, 0.25) is 0 Å². The van der Waals surface area contributed by atoms with Crippen LogP contribution in [-0.2, 0) is 11.2 Å². The lowest BCUT2D eigenvalue weighted by atomic mass is 9.96. The average molecular weight is 368 g/mol. The number of aromatic nitrogens is 2. The van der Waals surface area contributed by atoms with Crippen molar-refractivity contribution in [2.75, 3.05) is 37.7 Å². The minimum atomic E-state index is 0.297. The molecule has 3 heterocycles. The van der Waals surface area contributed by atoms with Gasteiger partial charge in [-0.1, -0.05) is 6.42 Å². The van der Waals surface area contributed by atoms with Gasteiger partial charge in [-0.25, -0.2) is 9.97 Å². The predicted molar refractivity (Wildman–Crippen MR) is 106 cm³/mol. The van der Waals surface area contributed by atoms with Gasteiger partial charge < -0.3 is 20.1 Å². The molecule has 0 radical (unpaired) electrons. The van der Waals surface area contributed by atoms with Crippen molar-refractivity contribution >= 4 is 5.82 Å². The molecule has 2 aromatic rings. The lowest BCUT2D eigenvalue weighted by Crippen LogP contribution is -2.36. The molecule has 1 aromatic heterocycles. The fourth-order valence-electron chi connectivity index (χ4n) is 3.95. The number of piperidine rings is 1. The molecule has 27 heavy (non-hydrogen) atoms. The number of aromatic hydroxyl groups is 1.